The normalized spacial score (nSPS) is 14.2. The molecule has 1 aliphatic heterocycles. The van der Waals surface area contributed by atoms with Gasteiger partial charge in [0.1, 0.15) is 4.32 Å². The summed E-state index contributed by atoms with van der Waals surface area (Å²) in [6.45, 7) is 6.65. The van der Waals surface area contributed by atoms with Crippen molar-refractivity contribution in [3.8, 4) is 11.5 Å². The number of thioether (sulfide) groups is 1. The lowest BCUT2D eigenvalue weighted by molar-refractivity contribution is -0.122. The van der Waals surface area contributed by atoms with Crippen molar-refractivity contribution in [2.75, 3.05) is 25.1 Å². The van der Waals surface area contributed by atoms with E-state index in [4.69, 9.17) is 21.7 Å². The van der Waals surface area contributed by atoms with Gasteiger partial charge in [-0.2, -0.15) is 0 Å². The van der Waals surface area contributed by atoms with Gasteiger partial charge in [0, 0.05) is 12.2 Å². The molecular weight excluding hydrogens is 516 g/mol. The van der Waals surface area contributed by atoms with Crippen molar-refractivity contribution in [1.29, 1.82) is 0 Å². The number of aryl methyl sites for hydroxylation is 1. The summed E-state index contributed by atoms with van der Waals surface area (Å²) in [4.78, 5) is 27.8. The van der Waals surface area contributed by atoms with Crippen LogP contribution in [-0.4, -0.2) is 40.8 Å². The number of hydrogen-bond acceptors (Lipinski definition) is 6. The third kappa shape index (κ3) is 6.82. The van der Waals surface area contributed by atoms with Crippen LogP contribution in [0.5, 0.6) is 11.5 Å². The fraction of sp³-hybridized carbons (Fsp3) is 0.233. The largest absolute Gasteiger partial charge is 0.490 e. The van der Waals surface area contributed by atoms with Gasteiger partial charge in [-0.15, -0.1) is 0 Å². The fourth-order valence-corrected chi connectivity index (χ4v) is 5.26. The minimum atomic E-state index is -0.260. The Morgan fingerprint density at radius 3 is 2.58 bits per heavy atom. The van der Waals surface area contributed by atoms with Crippen LogP contribution in [0.1, 0.15) is 29.2 Å². The quantitative estimate of drug-likeness (QED) is 0.243. The molecule has 8 heteroatoms. The Morgan fingerprint density at radius 1 is 1.03 bits per heavy atom. The van der Waals surface area contributed by atoms with Crippen molar-refractivity contribution >= 4 is 51.9 Å². The van der Waals surface area contributed by atoms with Crippen LogP contribution >= 0.6 is 24.0 Å². The molecule has 0 atom stereocenters. The number of carbonyl (C=O) groups is 2. The summed E-state index contributed by atoms with van der Waals surface area (Å²) in [7, 11) is 0. The zero-order chi connectivity index (χ0) is 27.1. The Balaban J connectivity index is 1.42. The molecule has 3 aromatic rings. The van der Waals surface area contributed by atoms with E-state index >= 15 is 0 Å². The first-order valence-electron chi connectivity index (χ1n) is 12.4. The van der Waals surface area contributed by atoms with Crippen LogP contribution in [-0.2, 0) is 16.0 Å². The van der Waals surface area contributed by atoms with E-state index in [1.165, 1.54) is 11.8 Å². The summed E-state index contributed by atoms with van der Waals surface area (Å²) in [5.41, 5.74) is 4.83. The number of nitrogens with zero attached hydrogens (tertiary/aromatic N) is 1. The molecule has 0 spiro atoms. The smallest absolute Gasteiger partial charge is 0.266 e. The average Bonchev–Trinajstić information content (AvgIpc) is 3.17. The number of thiocarbonyl (C=S) groups is 1. The number of benzene rings is 3. The molecule has 1 fully saturated rings. The highest BCUT2D eigenvalue weighted by Gasteiger charge is 2.31. The fourth-order valence-electron chi connectivity index (χ4n) is 3.95. The van der Waals surface area contributed by atoms with E-state index in [-0.39, 0.29) is 18.4 Å². The molecular formula is C30H30N2O4S2. The summed E-state index contributed by atoms with van der Waals surface area (Å²) in [5.74, 6) is 0.595. The van der Waals surface area contributed by atoms with Gasteiger partial charge in [0.05, 0.1) is 11.5 Å². The Morgan fingerprint density at radius 2 is 1.82 bits per heavy atom. The second-order valence-corrected chi connectivity index (χ2v) is 10.5. The molecule has 0 bridgehead atoms. The van der Waals surface area contributed by atoms with Gasteiger partial charge in [0.25, 0.3) is 11.8 Å². The second-order valence-electron chi connectivity index (χ2n) is 8.79. The van der Waals surface area contributed by atoms with Crippen LogP contribution in [0.2, 0.25) is 0 Å². The van der Waals surface area contributed by atoms with Gasteiger partial charge in [-0.05, 0) is 73.7 Å². The van der Waals surface area contributed by atoms with Crippen molar-refractivity contribution in [2.45, 2.75) is 27.2 Å². The van der Waals surface area contributed by atoms with Gasteiger partial charge in [0.2, 0.25) is 0 Å². The lowest BCUT2D eigenvalue weighted by Gasteiger charge is -2.14. The maximum Gasteiger partial charge on any atom is 0.266 e. The van der Waals surface area contributed by atoms with Crippen molar-refractivity contribution in [3.05, 3.63) is 93.9 Å². The van der Waals surface area contributed by atoms with Crippen LogP contribution in [0.4, 0.5) is 5.69 Å². The number of ether oxygens (including phenoxy) is 2. The van der Waals surface area contributed by atoms with Crippen LogP contribution in [0.3, 0.4) is 0 Å². The van der Waals surface area contributed by atoms with Crippen LogP contribution in [0, 0.1) is 13.8 Å². The minimum Gasteiger partial charge on any atom is -0.490 e. The van der Waals surface area contributed by atoms with Crippen molar-refractivity contribution in [1.82, 2.24) is 4.90 Å². The van der Waals surface area contributed by atoms with Gasteiger partial charge >= 0.3 is 0 Å². The Labute approximate surface area is 233 Å². The number of amides is 2. The van der Waals surface area contributed by atoms with Gasteiger partial charge in [-0.1, -0.05) is 72.5 Å². The summed E-state index contributed by atoms with van der Waals surface area (Å²) in [6.07, 6.45) is 2.54. The number of rotatable bonds is 10. The molecule has 196 valence electrons. The first kappa shape index (κ1) is 27.4. The molecule has 1 N–H and O–H groups in total. The molecule has 0 radical (unpaired) electrons. The van der Waals surface area contributed by atoms with Gasteiger partial charge in [0.15, 0.2) is 18.1 Å². The highest BCUT2D eigenvalue weighted by Crippen LogP contribution is 2.35. The van der Waals surface area contributed by atoms with E-state index in [1.807, 2.05) is 75.4 Å². The first-order valence-corrected chi connectivity index (χ1v) is 13.6. The van der Waals surface area contributed by atoms with E-state index in [9.17, 15) is 9.59 Å². The van der Waals surface area contributed by atoms with E-state index < -0.39 is 0 Å². The van der Waals surface area contributed by atoms with Crippen LogP contribution in [0.15, 0.2) is 71.6 Å². The number of carbonyl (C=O) groups excluding carboxylic acids is 2. The van der Waals surface area contributed by atoms with Gasteiger partial charge < -0.3 is 14.8 Å². The highest BCUT2D eigenvalue weighted by atomic mass is 32.2. The topological polar surface area (TPSA) is 67.9 Å². The first-order chi connectivity index (χ1) is 18.4. The summed E-state index contributed by atoms with van der Waals surface area (Å²) in [5, 5.41) is 2.89. The van der Waals surface area contributed by atoms with Crippen molar-refractivity contribution < 1.29 is 19.1 Å². The van der Waals surface area contributed by atoms with Crippen molar-refractivity contribution in [2.24, 2.45) is 0 Å². The Kier molecular flexibility index (Phi) is 9.20. The number of hydrogen-bond donors (Lipinski definition) is 1. The predicted molar refractivity (Wildman–Crippen MR) is 158 cm³/mol. The maximum atomic E-state index is 13.0. The molecule has 1 saturated heterocycles. The lowest BCUT2D eigenvalue weighted by atomic mass is 10.1. The molecule has 0 unspecified atom stereocenters. The van der Waals surface area contributed by atoms with Crippen LogP contribution in [0.25, 0.3) is 6.08 Å². The van der Waals surface area contributed by atoms with Crippen molar-refractivity contribution in [3.63, 3.8) is 0 Å². The van der Waals surface area contributed by atoms with Gasteiger partial charge in [-0.25, -0.2) is 0 Å². The molecule has 6 nitrogen and oxygen atoms in total. The molecule has 1 heterocycles. The zero-order valence-electron chi connectivity index (χ0n) is 21.7. The third-order valence-electron chi connectivity index (χ3n) is 6.14. The summed E-state index contributed by atoms with van der Waals surface area (Å²) < 4.78 is 12.1. The lowest BCUT2D eigenvalue weighted by Crippen LogP contribution is -2.30. The Hall–Kier alpha value is -3.62. The predicted octanol–water partition coefficient (Wildman–Crippen LogP) is 6.16. The van der Waals surface area contributed by atoms with E-state index in [1.54, 1.807) is 23.1 Å². The molecule has 38 heavy (non-hydrogen) atoms. The number of anilines is 1. The molecule has 1 aliphatic rings. The third-order valence-corrected chi connectivity index (χ3v) is 7.52. The van der Waals surface area contributed by atoms with Gasteiger partial charge in [-0.3, -0.25) is 14.5 Å². The SMILES string of the molecule is CCOc1cc(/C=C2\SC(=S)N(CCc3ccccc3)C2=O)ccc1OCC(=O)Nc1cccc(C)c1C. The standard InChI is InChI=1S/C30H30N2O4S2/c1-4-35-26-17-23(13-14-25(26)36-19-28(33)31-24-12-8-9-20(2)21(24)3)18-27-29(34)32(30(37)38-27)16-15-22-10-6-5-7-11-22/h5-14,17-18H,4,15-16,19H2,1-3H3,(H,31,33)/b27-18-. The Bertz CT molecular complexity index is 1370. The minimum absolute atomic E-state index is 0.0997. The zero-order valence-corrected chi connectivity index (χ0v) is 23.3. The van der Waals surface area contributed by atoms with Crippen LogP contribution < -0.4 is 14.8 Å². The second kappa shape index (κ2) is 12.8. The molecule has 0 aromatic heterocycles. The molecule has 3 aromatic carbocycles. The number of nitrogens with one attached hydrogen (secondary N) is 1. The highest BCUT2D eigenvalue weighted by molar-refractivity contribution is 8.26. The monoisotopic (exact) mass is 546 g/mol. The van der Waals surface area contributed by atoms with E-state index in [2.05, 4.69) is 5.32 Å². The molecule has 0 aliphatic carbocycles. The summed E-state index contributed by atoms with van der Waals surface area (Å²) >= 11 is 6.78. The van der Waals surface area contributed by atoms with E-state index in [0.29, 0.717) is 33.9 Å². The molecule has 0 saturated carbocycles. The molecule has 4 rings (SSSR count). The summed E-state index contributed by atoms with van der Waals surface area (Å²) in [6, 6.07) is 21.2. The van der Waals surface area contributed by atoms with E-state index in [0.717, 1.165) is 34.4 Å². The molecule has 2 amide bonds. The maximum absolute atomic E-state index is 13.0. The average molecular weight is 547 g/mol.